The Kier molecular flexibility index (Phi) is 7.96. The Morgan fingerprint density at radius 3 is 1.64 bits per heavy atom. The lowest BCUT2D eigenvalue weighted by atomic mass is 10.0. The summed E-state index contributed by atoms with van der Waals surface area (Å²) in [4.78, 5) is 41.6. The molecule has 2 heterocycles. The van der Waals surface area contributed by atoms with Crippen LogP contribution in [0.1, 0.15) is 23.1 Å². The zero-order valence-electron chi connectivity index (χ0n) is 21.8. The number of hydrogen-bond donors (Lipinski definition) is 0. The monoisotopic (exact) mass is 529 g/mol. The highest BCUT2D eigenvalue weighted by atomic mass is 16.6. The van der Waals surface area contributed by atoms with E-state index in [9.17, 15) is 14.4 Å². The Bertz CT molecular complexity index is 1220. The minimum Gasteiger partial charge on any atom is -0.497 e. The Morgan fingerprint density at radius 2 is 1.18 bits per heavy atom. The minimum absolute atomic E-state index is 0.0700. The van der Waals surface area contributed by atoms with E-state index in [1.54, 1.807) is 12.0 Å². The van der Waals surface area contributed by atoms with Crippen LogP contribution in [0, 0.1) is 0 Å². The van der Waals surface area contributed by atoms with Crippen LogP contribution in [0.15, 0.2) is 84.9 Å². The molecule has 9 nitrogen and oxygen atoms in total. The average Bonchev–Trinajstić information content (AvgIpc) is 3.25. The fourth-order valence-corrected chi connectivity index (χ4v) is 5.03. The van der Waals surface area contributed by atoms with Gasteiger partial charge in [0, 0.05) is 13.1 Å². The van der Waals surface area contributed by atoms with Gasteiger partial charge in [0.05, 0.1) is 25.6 Å². The van der Waals surface area contributed by atoms with Crippen molar-refractivity contribution in [3.63, 3.8) is 0 Å². The first-order valence-corrected chi connectivity index (χ1v) is 12.9. The van der Waals surface area contributed by atoms with Crippen molar-refractivity contribution in [3.8, 4) is 5.75 Å². The first kappa shape index (κ1) is 26.1. The molecule has 0 aromatic heterocycles. The number of hydrazine groups is 1. The number of piperidine rings is 1. The van der Waals surface area contributed by atoms with Crippen LogP contribution in [0.2, 0.25) is 0 Å². The molecule has 3 aromatic rings. The van der Waals surface area contributed by atoms with Crippen molar-refractivity contribution < 1.29 is 28.6 Å². The number of nitrogens with zero attached hydrogens (tertiary/aromatic N) is 3. The lowest BCUT2D eigenvalue weighted by molar-refractivity contribution is -0.131. The third-order valence-electron chi connectivity index (χ3n) is 6.98. The molecule has 2 unspecified atom stereocenters. The molecule has 3 amide bonds. The molecule has 2 atom stereocenters. The molecular formula is C30H31N3O6. The lowest BCUT2D eigenvalue weighted by Crippen LogP contribution is -2.50. The Labute approximate surface area is 227 Å². The summed E-state index contributed by atoms with van der Waals surface area (Å²) in [7, 11) is 1.59. The van der Waals surface area contributed by atoms with E-state index in [-0.39, 0.29) is 25.5 Å². The highest BCUT2D eigenvalue weighted by Gasteiger charge is 2.51. The van der Waals surface area contributed by atoms with Gasteiger partial charge in [-0.2, -0.15) is 0 Å². The van der Waals surface area contributed by atoms with Crippen LogP contribution in [0.3, 0.4) is 0 Å². The van der Waals surface area contributed by atoms with E-state index < -0.39 is 24.3 Å². The molecule has 9 heteroatoms. The average molecular weight is 530 g/mol. The Hall–Kier alpha value is -4.53. The van der Waals surface area contributed by atoms with Gasteiger partial charge in [-0.15, -0.1) is 0 Å². The molecule has 39 heavy (non-hydrogen) atoms. The maximum atomic E-state index is 13.3. The van der Waals surface area contributed by atoms with Gasteiger partial charge in [0.2, 0.25) is 5.91 Å². The van der Waals surface area contributed by atoms with Crippen LogP contribution < -0.4 is 4.74 Å². The fraction of sp³-hybridized carbons (Fsp3) is 0.300. The molecular weight excluding hydrogens is 498 g/mol. The third kappa shape index (κ3) is 6.14. The van der Waals surface area contributed by atoms with E-state index in [1.165, 1.54) is 10.0 Å². The normalized spacial score (nSPS) is 18.0. The van der Waals surface area contributed by atoms with E-state index in [4.69, 9.17) is 14.2 Å². The summed E-state index contributed by atoms with van der Waals surface area (Å²) in [5, 5.41) is 2.67. The summed E-state index contributed by atoms with van der Waals surface area (Å²) in [5.74, 6) is 0.642. The van der Waals surface area contributed by atoms with Crippen molar-refractivity contribution >= 4 is 18.1 Å². The molecule has 2 bridgehead atoms. The van der Waals surface area contributed by atoms with E-state index in [0.717, 1.165) is 22.4 Å². The summed E-state index contributed by atoms with van der Waals surface area (Å²) >= 11 is 0. The molecule has 2 aliphatic rings. The quantitative estimate of drug-likeness (QED) is 0.451. The lowest BCUT2D eigenvalue weighted by Gasteiger charge is -2.30. The summed E-state index contributed by atoms with van der Waals surface area (Å²) in [6.45, 7) is 0.740. The van der Waals surface area contributed by atoms with Gasteiger partial charge in [-0.1, -0.05) is 72.8 Å². The third-order valence-corrected chi connectivity index (χ3v) is 6.98. The van der Waals surface area contributed by atoms with Crippen LogP contribution in [0.5, 0.6) is 5.75 Å². The van der Waals surface area contributed by atoms with Crippen LogP contribution >= 0.6 is 0 Å². The maximum absolute atomic E-state index is 13.3. The number of hydrogen-bond acceptors (Lipinski definition) is 6. The second kappa shape index (κ2) is 11.9. The van der Waals surface area contributed by atoms with E-state index in [0.29, 0.717) is 19.5 Å². The zero-order valence-corrected chi connectivity index (χ0v) is 21.8. The number of benzene rings is 3. The van der Waals surface area contributed by atoms with Crippen molar-refractivity contribution in [2.45, 2.75) is 38.1 Å². The molecule has 202 valence electrons. The summed E-state index contributed by atoms with van der Waals surface area (Å²) in [6.07, 6.45) is -0.548. The highest BCUT2D eigenvalue weighted by Crippen LogP contribution is 2.33. The topological polar surface area (TPSA) is 88.6 Å². The van der Waals surface area contributed by atoms with Gasteiger partial charge in [0.1, 0.15) is 19.0 Å². The van der Waals surface area contributed by atoms with Gasteiger partial charge in [-0.3, -0.25) is 4.79 Å². The predicted molar refractivity (Wildman–Crippen MR) is 142 cm³/mol. The van der Waals surface area contributed by atoms with Crippen molar-refractivity contribution in [1.82, 2.24) is 14.9 Å². The van der Waals surface area contributed by atoms with Gasteiger partial charge in [0.15, 0.2) is 0 Å². The second-order valence-electron chi connectivity index (χ2n) is 9.64. The smallest absolute Gasteiger partial charge is 0.429 e. The minimum atomic E-state index is -0.646. The fourth-order valence-electron chi connectivity index (χ4n) is 5.03. The number of carbonyl (C=O) groups is 3. The number of likely N-dealkylation sites (tertiary alicyclic amines) is 1. The molecule has 0 spiro atoms. The van der Waals surface area contributed by atoms with Crippen LogP contribution in [0.25, 0.3) is 0 Å². The number of ether oxygens (including phenoxy) is 3. The van der Waals surface area contributed by atoms with Crippen molar-refractivity contribution in [1.29, 1.82) is 0 Å². The molecule has 0 N–H and O–H groups in total. The molecule has 0 radical (unpaired) electrons. The molecule has 2 saturated heterocycles. The zero-order chi connectivity index (χ0) is 27.2. The molecule has 2 fully saturated rings. The van der Waals surface area contributed by atoms with Crippen molar-refractivity contribution in [2.24, 2.45) is 0 Å². The number of fused-ring (bicyclic) bond motifs is 2. The van der Waals surface area contributed by atoms with Crippen LogP contribution in [0.4, 0.5) is 9.59 Å². The first-order valence-electron chi connectivity index (χ1n) is 12.9. The van der Waals surface area contributed by atoms with Crippen LogP contribution in [-0.2, 0) is 33.9 Å². The molecule has 0 aliphatic carbocycles. The largest absolute Gasteiger partial charge is 0.497 e. The SMILES string of the molecule is COc1ccc(CC(=O)N2CC3CC(C2)N(C(=O)OCc2ccccc2)N3C(=O)OCc2ccccc2)cc1. The number of rotatable bonds is 7. The number of carbonyl (C=O) groups excluding carboxylic acids is 3. The summed E-state index contributed by atoms with van der Waals surface area (Å²) in [6, 6.07) is 25.2. The van der Waals surface area contributed by atoms with E-state index in [2.05, 4.69) is 0 Å². The standard InChI is InChI=1S/C30H31N3O6/c1-37-27-14-12-22(13-15-27)16-28(34)31-18-25-17-26(19-31)33(30(36)39-21-24-10-6-3-7-11-24)32(25)29(35)38-20-23-8-4-2-5-9-23/h2-15,25-26H,16-21H2,1H3. The number of amides is 3. The summed E-state index contributed by atoms with van der Waals surface area (Å²) < 4.78 is 16.4. The van der Waals surface area contributed by atoms with E-state index in [1.807, 2.05) is 84.9 Å². The van der Waals surface area contributed by atoms with Crippen molar-refractivity contribution in [2.75, 3.05) is 20.2 Å². The van der Waals surface area contributed by atoms with Gasteiger partial charge in [0.25, 0.3) is 0 Å². The second-order valence-corrected chi connectivity index (χ2v) is 9.64. The molecule has 5 rings (SSSR count). The Balaban J connectivity index is 1.30. The van der Waals surface area contributed by atoms with Gasteiger partial charge in [-0.25, -0.2) is 19.6 Å². The van der Waals surface area contributed by atoms with Crippen LogP contribution in [-0.4, -0.2) is 65.3 Å². The summed E-state index contributed by atoms with van der Waals surface area (Å²) in [5.41, 5.74) is 2.53. The molecule has 3 aromatic carbocycles. The maximum Gasteiger partial charge on any atom is 0.429 e. The van der Waals surface area contributed by atoms with Gasteiger partial charge >= 0.3 is 12.2 Å². The van der Waals surface area contributed by atoms with E-state index >= 15 is 0 Å². The predicted octanol–water partition coefficient (Wildman–Crippen LogP) is 4.41. The first-order chi connectivity index (χ1) is 19.0. The number of methoxy groups -OCH3 is 1. The highest BCUT2D eigenvalue weighted by molar-refractivity contribution is 5.80. The van der Waals surface area contributed by atoms with Gasteiger partial charge < -0.3 is 19.1 Å². The van der Waals surface area contributed by atoms with Crippen molar-refractivity contribution in [3.05, 3.63) is 102 Å². The molecule has 2 aliphatic heterocycles. The molecule has 0 saturated carbocycles. The van der Waals surface area contributed by atoms with Gasteiger partial charge in [-0.05, 0) is 35.2 Å². The Morgan fingerprint density at radius 1 is 0.692 bits per heavy atom.